The van der Waals surface area contributed by atoms with E-state index in [0.717, 1.165) is 24.6 Å². The van der Waals surface area contributed by atoms with Crippen molar-refractivity contribution in [3.8, 4) is 0 Å². The average Bonchev–Trinajstić information content (AvgIpc) is 3.11. The fraction of sp³-hybridized carbons (Fsp3) is 0.450. The highest BCUT2D eigenvalue weighted by atomic mass is 35.5. The number of rotatable bonds is 5. The van der Waals surface area contributed by atoms with Gasteiger partial charge in [-0.2, -0.15) is 0 Å². The topological polar surface area (TPSA) is 32.3 Å². The van der Waals surface area contributed by atoms with Crippen molar-refractivity contribution >= 4 is 29.7 Å². The summed E-state index contributed by atoms with van der Waals surface area (Å²) in [7, 11) is 0. The summed E-state index contributed by atoms with van der Waals surface area (Å²) in [6.45, 7) is 7.26. The van der Waals surface area contributed by atoms with E-state index in [1.807, 2.05) is 31.2 Å². The molecule has 0 saturated carbocycles. The Balaban J connectivity index is 0.00000225. The van der Waals surface area contributed by atoms with Gasteiger partial charge >= 0.3 is 0 Å². The van der Waals surface area contributed by atoms with Gasteiger partial charge in [0, 0.05) is 17.0 Å². The lowest BCUT2D eigenvalue weighted by Crippen LogP contribution is -2.41. The van der Waals surface area contributed by atoms with Crippen molar-refractivity contribution in [1.82, 2.24) is 10.2 Å². The molecule has 0 bridgehead atoms. The molecule has 3 nitrogen and oxygen atoms in total. The first-order valence-electron chi connectivity index (χ1n) is 8.76. The number of hydrogen-bond acceptors (Lipinski definition) is 3. The van der Waals surface area contributed by atoms with E-state index in [-0.39, 0.29) is 24.4 Å². The number of piperidine rings is 1. The van der Waals surface area contributed by atoms with Gasteiger partial charge in [-0.05, 0) is 62.4 Å². The maximum atomic E-state index is 12.4. The van der Waals surface area contributed by atoms with Gasteiger partial charge in [0.25, 0.3) is 5.91 Å². The van der Waals surface area contributed by atoms with Gasteiger partial charge in [-0.1, -0.05) is 30.7 Å². The molecule has 25 heavy (non-hydrogen) atoms. The number of benzene rings is 1. The van der Waals surface area contributed by atoms with Gasteiger partial charge in [-0.25, -0.2) is 0 Å². The molecule has 136 valence electrons. The average molecular weight is 379 g/mol. The summed E-state index contributed by atoms with van der Waals surface area (Å²) in [4.78, 5) is 16.3. The summed E-state index contributed by atoms with van der Waals surface area (Å²) in [5, 5.41) is 5.26. The van der Waals surface area contributed by atoms with Gasteiger partial charge in [0.15, 0.2) is 0 Å². The molecule has 1 amide bonds. The maximum Gasteiger partial charge on any atom is 0.251 e. The van der Waals surface area contributed by atoms with E-state index in [1.165, 1.54) is 23.3 Å². The van der Waals surface area contributed by atoms with E-state index < -0.39 is 0 Å². The second-order valence-corrected chi connectivity index (χ2v) is 7.81. The number of amides is 1. The number of likely N-dealkylation sites (tertiary alicyclic amines) is 1. The third-order valence-electron chi connectivity index (χ3n) is 4.90. The second-order valence-electron chi connectivity index (χ2n) is 6.83. The summed E-state index contributed by atoms with van der Waals surface area (Å²) < 4.78 is 0. The van der Waals surface area contributed by atoms with Crippen molar-refractivity contribution in [2.24, 2.45) is 5.92 Å². The summed E-state index contributed by atoms with van der Waals surface area (Å²) >= 11 is 1.78. The zero-order valence-corrected chi connectivity index (χ0v) is 16.5. The predicted octanol–water partition coefficient (Wildman–Crippen LogP) is 4.68. The van der Waals surface area contributed by atoms with Crippen LogP contribution in [-0.2, 0) is 0 Å². The van der Waals surface area contributed by atoms with Crippen LogP contribution in [0, 0.1) is 12.8 Å². The van der Waals surface area contributed by atoms with E-state index in [0.29, 0.717) is 6.54 Å². The Kier molecular flexibility index (Phi) is 7.48. The van der Waals surface area contributed by atoms with Crippen LogP contribution in [0.3, 0.4) is 0 Å². The molecule has 1 unspecified atom stereocenters. The lowest BCUT2D eigenvalue weighted by molar-refractivity contribution is 0.0915. The number of carbonyl (C=O) groups excluding carboxylic acids is 1. The zero-order chi connectivity index (χ0) is 16.9. The molecule has 2 heterocycles. The molecule has 1 saturated heterocycles. The normalized spacial score (nSPS) is 16.9. The molecule has 1 aromatic carbocycles. The molecular formula is C20H27ClN2OS. The SMILES string of the molecule is Cc1ccc(C(=O)NCC(c2cccs2)N2CCC(C)CC2)cc1.Cl. The quantitative estimate of drug-likeness (QED) is 0.819. The lowest BCUT2D eigenvalue weighted by atomic mass is 9.97. The van der Waals surface area contributed by atoms with Crippen LogP contribution in [0.15, 0.2) is 41.8 Å². The minimum atomic E-state index is 0. The number of halogens is 1. The molecule has 0 radical (unpaired) electrons. The molecular weight excluding hydrogens is 352 g/mol. The van der Waals surface area contributed by atoms with Crippen LogP contribution in [0.25, 0.3) is 0 Å². The first-order chi connectivity index (χ1) is 11.6. The molecule has 3 rings (SSSR count). The molecule has 5 heteroatoms. The summed E-state index contributed by atoms with van der Waals surface area (Å²) in [6.07, 6.45) is 2.49. The van der Waals surface area contributed by atoms with Crippen LogP contribution in [0.5, 0.6) is 0 Å². The first kappa shape index (κ1) is 20.0. The van der Waals surface area contributed by atoms with Crippen molar-refractivity contribution < 1.29 is 4.79 Å². The molecule has 1 aliphatic heterocycles. The van der Waals surface area contributed by atoms with Crippen molar-refractivity contribution in [3.63, 3.8) is 0 Å². The number of carbonyl (C=O) groups is 1. The Morgan fingerprint density at radius 3 is 2.52 bits per heavy atom. The van der Waals surface area contributed by atoms with Crippen LogP contribution in [-0.4, -0.2) is 30.4 Å². The number of hydrogen-bond donors (Lipinski definition) is 1. The standard InChI is InChI=1S/C20H26N2OS.ClH/c1-15-5-7-17(8-6-15)20(23)21-14-18(19-4-3-13-24-19)22-11-9-16(2)10-12-22;/h3-8,13,16,18H,9-12,14H2,1-2H3,(H,21,23);1H. The Morgan fingerprint density at radius 2 is 1.92 bits per heavy atom. The van der Waals surface area contributed by atoms with Gasteiger partial charge < -0.3 is 5.32 Å². The minimum absolute atomic E-state index is 0. The number of aryl methyl sites for hydroxylation is 1. The third kappa shape index (κ3) is 5.30. The van der Waals surface area contributed by atoms with Gasteiger partial charge in [0.1, 0.15) is 0 Å². The highest BCUT2D eigenvalue weighted by Crippen LogP contribution is 2.29. The molecule has 1 aromatic heterocycles. The number of nitrogens with zero attached hydrogens (tertiary/aromatic N) is 1. The van der Waals surface area contributed by atoms with Crippen molar-refractivity contribution in [3.05, 3.63) is 57.8 Å². The Bertz CT molecular complexity index is 649. The number of nitrogens with one attached hydrogen (secondary N) is 1. The molecule has 1 N–H and O–H groups in total. The van der Waals surface area contributed by atoms with E-state index in [2.05, 4.69) is 34.7 Å². The summed E-state index contributed by atoms with van der Waals surface area (Å²) in [5.74, 6) is 0.828. The van der Waals surface area contributed by atoms with E-state index in [9.17, 15) is 4.79 Å². The Hall–Kier alpha value is -1.36. The molecule has 0 aliphatic carbocycles. The fourth-order valence-corrected chi connectivity index (χ4v) is 4.09. The third-order valence-corrected chi connectivity index (χ3v) is 5.87. The smallest absolute Gasteiger partial charge is 0.251 e. The summed E-state index contributed by atoms with van der Waals surface area (Å²) in [6, 6.07) is 12.3. The lowest BCUT2D eigenvalue weighted by Gasteiger charge is -2.36. The van der Waals surface area contributed by atoms with Gasteiger partial charge in [0.2, 0.25) is 0 Å². The van der Waals surface area contributed by atoms with Crippen LogP contribution < -0.4 is 5.32 Å². The molecule has 1 atom stereocenters. The zero-order valence-electron chi connectivity index (χ0n) is 14.9. The summed E-state index contributed by atoms with van der Waals surface area (Å²) in [5.41, 5.74) is 1.91. The van der Waals surface area contributed by atoms with Crippen molar-refractivity contribution in [2.75, 3.05) is 19.6 Å². The highest BCUT2D eigenvalue weighted by molar-refractivity contribution is 7.10. The molecule has 1 fully saturated rings. The van der Waals surface area contributed by atoms with E-state index in [1.54, 1.807) is 11.3 Å². The molecule has 0 spiro atoms. The van der Waals surface area contributed by atoms with Crippen LogP contribution in [0.4, 0.5) is 0 Å². The molecule has 1 aliphatic rings. The van der Waals surface area contributed by atoms with Crippen LogP contribution in [0.2, 0.25) is 0 Å². The van der Waals surface area contributed by atoms with E-state index in [4.69, 9.17) is 0 Å². The monoisotopic (exact) mass is 378 g/mol. The van der Waals surface area contributed by atoms with Crippen LogP contribution in [0.1, 0.15) is 46.6 Å². The minimum Gasteiger partial charge on any atom is -0.350 e. The van der Waals surface area contributed by atoms with Gasteiger partial charge in [-0.3, -0.25) is 9.69 Å². The van der Waals surface area contributed by atoms with Crippen molar-refractivity contribution in [2.45, 2.75) is 32.7 Å². The maximum absolute atomic E-state index is 12.4. The van der Waals surface area contributed by atoms with E-state index >= 15 is 0 Å². The first-order valence-corrected chi connectivity index (χ1v) is 9.64. The molecule has 2 aromatic rings. The largest absolute Gasteiger partial charge is 0.350 e. The van der Waals surface area contributed by atoms with Gasteiger partial charge in [-0.15, -0.1) is 23.7 Å². The van der Waals surface area contributed by atoms with Gasteiger partial charge in [0.05, 0.1) is 6.04 Å². The van der Waals surface area contributed by atoms with Crippen molar-refractivity contribution in [1.29, 1.82) is 0 Å². The second kappa shape index (κ2) is 9.37. The van der Waals surface area contributed by atoms with Crippen LogP contribution >= 0.6 is 23.7 Å². The highest BCUT2D eigenvalue weighted by Gasteiger charge is 2.25. The predicted molar refractivity (Wildman–Crippen MR) is 108 cm³/mol. The Labute approximate surface area is 160 Å². The fourth-order valence-electron chi connectivity index (χ4n) is 3.23. The Morgan fingerprint density at radius 1 is 1.24 bits per heavy atom. The number of thiophene rings is 1.